The van der Waals surface area contributed by atoms with Crippen molar-refractivity contribution in [1.29, 1.82) is 0 Å². The monoisotopic (exact) mass is 238 g/mol. The van der Waals surface area contributed by atoms with Crippen molar-refractivity contribution in [1.82, 2.24) is 4.90 Å². The zero-order chi connectivity index (χ0) is 12.3. The fourth-order valence-electron chi connectivity index (χ4n) is 1.95. The van der Waals surface area contributed by atoms with Crippen molar-refractivity contribution < 1.29 is 13.9 Å². The van der Waals surface area contributed by atoms with Crippen LogP contribution in [0.25, 0.3) is 0 Å². The molecule has 1 heterocycles. The third-order valence-electron chi connectivity index (χ3n) is 2.89. The SMILES string of the molecule is COC(=O)N1CCN(c2cccc(F)c2)CC1. The molecule has 5 heteroatoms. The fraction of sp³-hybridized carbons (Fsp3) is 0.417. The van der Waals surface area contributed by atoms with E-state index in [1.165, 1.54) is 19.2 Å². The minimum Gasteiger partial charge on any atom is -0.453 e. The van der Waals surface area contributed by atoms with Crippen molar-refractivity contribution >= 4 is 11.8 Å². The Hall–Kier alpha value is -1.78. The van der Waals surface area contributed by atoms with Crippen molar-refractivity contribution in [3.8, 4) is 0 Å². The quantitative estimate of drug-likeness (QED) is 0.746. The summed E-state index contributed by atoms with van der Waals surface area (Å²) < 4.78 is 17.7. The van der Waals surface area contributed by atoms with E-state index >= 15 is 0 Å². The largest absolute Gasteiger partial charge is 0.453 e. The van der Waals surface area contributed by atoms with Crippen LogP contribution in [0.2, 0.25) is 0 Å². The summed E-state index contributed by atoms with van der Waals surface area (Å²) in [4.78, 5) is 15.0. The second kappa shape index (κ2) is 5.03. The zero-order valence-electron chi connectivity index (χ0n) is 9.73. The minimum absolute atomic E-state index is 0.238. The molecule has 0 saturated carbocycles. The predicted octanol–water partition coefficient (Wildman–Crippen LogP) is 1.71. The molecule has 4 nitrogen and oxygen atoms in total. The van der Waals surface area contributed by atoms with E-state index < -0.39 is 0 Å². The van der Waals surface area contributed by atoms with Gasteiger partial charge < -0.3 is 14.5 Å². The lowest BCUT2D eigenvalue weighted by molar-refractivity contribution is 0.121. The lowest BCUT2D eigenvalue weighted by Gasteiger charge is -2.35. The summed E-state index contributed by atoms with van der Waals surface area (Å²) >= 11 is 0. The summed E-state index contributed by atoms with van der Waals surface area (Å²) in [7, 11) is 1.38. The summed E-state index contributed by atoms with van der Waals surface area (Å²) in [6.07, 6.45) is -0.302. The number of rotatable bonds is 1. The van der Waals surface area contributed by atoms with E-state index in [1.54, 1.807) is 11.0 Å². The highest BCUT2D eigenvalue weighted by atomic mass is 19.1. The van der Waals surface area contributed by atoms with Gasteiger partial charge in [0.1, 0.15) is 5.82 Å². The van der Waals surface area contributed by atoms with Crippen molar-refractivity contribution in [3.05, 3.63) is 30.1 Å². The Morgan fingerprint density at radius 2 is 2.00 bits per heavy atom. The summed E-state index contributed by atoms with van der Waals surface area (Å²) in [6, 6.07) is 6.50. The molecule has 0 unspecified atom stereocenters. The van der Waals surface area contributed by atoms with Gasteiger partial charge in [-0.15, -0.1) is 0 Å². The minimum atomic E-state index is -0.302. The molecule has 1 amide bonds. The summed E-state index contributed by atoms with van der Waals surface area (Å²) in [5.41, 5.74) is 0.856. The van der Waals surface area contributed by atoms with E-state index in [0.29, 0.717) is 26.2 Å². The molecule has 0 atom stereocenters. The Balaban J connectivity index is 1.97. The van der Waals surface area contributed by atoms with Gasteiger partial charge in [0.2, 0.25) is 0 Å². The van der Waals surface area contributed by atoms with E-state index in [4.69, 9.17) is 0 Å². The van der Waals surface area contributed by atoms with Crippen molar-refractivity contribution in [2.24, 2.45) is 0 Å². The molecule has 0 radical (unpaired) electrons. The van der Waals surface area contributed by atoms with Gasteiger partial charge in [0.15, 0.2) is 0 Å². The molecule has 2 rings (SSSR count). The predicted molar refractivity (Wildman–Crippen MR) is 62.6 cm³/mol. The molecule has 0 bridgehead atoms. The van der Waals surface area contributed by atoms with Crippen molar-refractivity contribution in [3.63, 3.8) is 0 Å². The molecule has 0 N–H and O–H groups in total. The Labute approximate surface area is 99.6 Å². The van der Waals surface area contributed by atoms with Crippen molar-refractivity contribution in [2.45, 2.75) is 0 Å². The van der Waals surface area contributed by atoms with E-state index in [9.17, 15) is 9.18 Å². The lowest BCUT2D eigenvalue weighted by Crippen LogP contribution is -2.48. The topological polar surface area (TPSA) is 32.8 Å². The molecule has 0 aromatic heterocycles. The van der Waals surface area contributed by atoms with Crippen LogP contribution in [-0.4, -0.2) is 44.3 Å². The first kappa shape index (κ1) is 11.7. The first-order chi connectivity index (χ1) is 8.20. The molecule has 1 aromatic rings. The first-order valence-corrected chi connectivity index (χ1v) is 5.54. The Morgan fingerprint density at radius 1 is 1.29 bits per heavy atom. The number of amides is 1. The fourth-order valence-corrected chi connectivity index (χ4v) is 1.95. The number of methoxy groups -OCH3 is 1. The molecule has 1 aliphatic heterocycles. The van der Waals surface area contributed by atoms with Crippen LogP contribution in [0, 0.1) is 5.82 Å². The molecule has 1 fully saturated rings. The Bertz CT molecular complexity index is 403. The highest BCUT2D eigenvalue weighted by Gasteiger charge is 2.21. The van der Waals surface area contributed by atoms with Gasteiger partial charge in [-0.1, -0.05) is 6.07 Å². The maximum Gasteiger partial charge on any atom is 0.409 e. The van der Waals surface area contributed by atoms with Crippen LogP contribution in [0.4, 0.5) is 14.9 Å². The number of carbonyl (C=O) groups excluding carboxylic acids is 1. The van der Waals surface area contributed by atoms with Crippen molar-refractivity contribution in [2.75, 3.05) is 38.2 Å². The normalized spacial score (nSPS) is 15.9. The van der Waals surface area contributed by atoms with E-state index in [2.05, 4.69) is 9.64 Å². The molecule has 92 valence electrons. The number of nitrogens with zero attached hydrogens (tertiary/aromatic N) is 2. The molecule has 1 saturated heterocycles. The maximum atomic E-state index is 13.1. The van der Waals surface area contributed by atoms with Gasteiger partial charge in [0.05, 0.1) is 7.11 Å². The number of hydrogen-bond donors (Lipinski definition) is 0. The number of carbonyl (C=O) groups is 1. The molecule has 17 heavy (non-hydrogen) atoms. The molecule has 0 aliphatic carbocycles. The second-order valence-electron chi connectivity index (χ2n) is 3.92. The molecule has 1 aliphatic rings. The van der Waals surface area contributed by atoms with Crippen LogP contribution >= 0.6 is 0 Å². The van der Waals surface area contributed by atoms with Crippen LogP contribution in [-0.2, 0) is 4.74 Å². The number of piperazine rings is 1. The summed E-state index contributed by atoms with van der Waals surface area (Å²) in [6.45, 7) is 2.59. The lowest BCUT2D eigenvalue weighted by atomic mass is 10.2. The standard InChI is InChI=1S/C12H15FN2O2/c1-17-12(16)15-7-5-14(6-8-15)11-4-2-3-10(13)9-11/h2-4,9H,5-8H2,1H3. The average molecular weight is 238 g/mol. The van der Waals surface area contributed by atoms with E-state index in [1.807, 2.05) is 6.07 Å². The highest BCUT2D eigenvalue weighted by Crippen LogP contribution is 2.17. The zero-order valence-corrected chi connectivity index (χ0v) is 9.73. The number of hydrogen-bond acceptors (Lipinski definition) is 3. The summed E-state index contributed by atoms with van der Waals surface area (Å²) in [5, 5.41) is 0. The van der Waals surface area contributed by atoms with Gasteiger partial charge in [-0.25, -0.2) is 9.18 Å². The number of ether oxygens (including phenoxy) is 1. The van der Waals surface area contributed by atoms with Crippen LogP contribution < -0.4 is 4.90 Å². The molecular weight excluding hydrogens is 223 g/mol. The van der Waals surface area contributed by atoms with Crippen LogP contribution in [0.5, 0.6) is 0 Å². The second-order valence-corrected chi connectivity index (χ2v) is 3.92. The van der Waals surface area contributed by atoms with Gasteiger partial charge in [-0.05, 0) is 18.2 Å². The third-order valence-corrected chi connectivity index (χ3v) is 2.89. The Morgan fingerprint density at radius 3 is 2.59 bits per heavy atom. The van der Waals surface area contributed by atoms with Crippen LogP contribution in [0.3, 0.4) is 0 Å². The third kappa shape index (κ3) is 2.67. The Kier molecular flexibility index (Phi) is 3.46. The average Bonchev–Trinajstić information content (AvgIpc) is 2.38. The van der Waals surface area contributed by atoms with Crippen LogP contribution in [0.15, 0.2) is 24.3 Å². The van der Waals surface area contributed by atoms with E-state index in [-0.39, 0.29) is 11.9 Å². The number of anilines is 1. The number of benzene rings is 1. The van der Waals surface area contributed by atoms with Gasteiger partial charge in [0, 0.05) is 31.9 Å². The summed E-state index contributed by atoms with van der Waals surface area (Å²) in [5.74, 6) is -0.238. The van der Waals surface area contributed by atoms with Gasteiger partial charge in [-0.3, -0.25) is 0 Å². The van der Waals surface area contributed by atoms with Gasteiger partial charge >= 0.3 is 6.09 Å². The molecule has 1 aromatic carbocycles. The van der Waals surface area contributed by atoms with Gasteiger partial charge in [-0.2, -0.15) is 0 Å². The van der Waals surface area contributed by atoms with E-state index in [0.717, 1.165) is 5.69 Å². The van der Waals surface area contributed by atoms with Gasteiger partial charge in [0.25, 0.3) is 0 Å². The maximum absolute atomic E-state index is 13.1. The number of halogens is 1. The molecular formula is C12H15FN2O2. The van der Waals surface area contributed by atoms with Crippen LogP contribution in [0.1, 0.15) is 0 Å². The highest BCUT2D eigenvalue weighted by molar-refractivity contribution is 5.68. The molecule has 0 spiro atoms. The smallest absolute Gasteiger partial charge is 0.409 e. The first-order valence-electron chi connectivity index (χ1n) is 5.54.